The SMILES string of the molecule is N#CCCCCCCSCc1ccc(OP(=O)(O)C(F)F)c(Br)c1. The molecule has 1 unspecified atom stereocenters. The zero-order valence-electron chi connectivity index (χ0n) is 13.0. The van der Waals surface area contributed by atoms with E-state index in [9.17, 15) is 13.3 Å². The molecule has 0 fully saturated rings. The summed E-state index contributed by atoms with van der Waals surface area (Å²) in [6.45, 7) is 0. The molecule has 0 heterocycles. The van der Waals surface area contributed by atoms with E-state index >= 15 is 0 Å². The van der Waals surface area contributed by atoms with Gasteiger partial charge in [-0.1, -0.05) is 18.9 Å². The fourth-order valence-corrected chi connectivity index (χ4v) is 3.96. The maximum atomic E-state index is 12.4. The lowest BCUT2D eigenvalue weighted by molar-refractivity contribution is 0.188. The average Bonchev–Trinajstić information content (AvgIpc) is 2.52. The normalized spacial score (nSPS) is 13.5. The van der Waals surface area contributed by atoms with Crippen LogP contribution in [0.1, 0.15) is 37.7 Å². The molecule has 0 amide bonds. The summed E-state index contributed by atoms with van der Waals surface area (Å²) in [6.07, 6.45) is 1.38. The van der Waals surface area contributed by atoms with Crippen molar-refractivity contribution in [2.45, 2.75) is 44.0 Å². The van der Waals surface area contributed by atoms with E-state index in [1.165, 1.54) is 6.07 Å². The summed E-state index contributed by atoms with van der Waals surface area (Å²) in [5.41, 5.74) is 0.966. The molecule has 0 aliphatic heterocycles. The summed E-state index contributed by atoms with van der Waals surface area (Å²) in [5, 5.41) is 8.43. The van der Waals surface area contributed by atoms with Crippen molar-refractivity contribution in [1.82, 2.24) is 0 Å². The molecule has 1 rings (SSSR count). The highest BCUT2D eigenvalue weighted by atomic mass is 79.9. The van der Waals surface area contributed by atoms with E-state index in [4.69, 9.17) is 10.2 Å². The Kier molecular flexibility index (Phi) is 9.91. The maximum absolute atomic E-state index is 12.4. The second-order valence-electron chi connectivity index (χ2n) is 5.07. The van der Waals surface area contributed by atoms with Gasteiger partial charge in [0.05, 0.1) is 10.5 Å². The van der Waals surface area contributed by atoms with Gasteiger partial charge in [0.25, 0.3) is 0 Å². The standard InChI is InChI=1S/C15H19BrF2NO3PS/c16-13-10-12(11-24-9-5-3-1-2-4-8-19)6-7-14(13)22-23(20,21)15(17)18/h6-7,10,15H,1-5,9,11H2,(H,20,21). The van der Waals surface area contributed by atoms with Crippen LogP contribution in [0.4, 0.5) is 8.78 Å². The topological polar surface area (TPSA) is 70.3 Å². The van der Waals surface area contributed by atoms with Crippen LogP contribution in [0, 0.1) is 11.3 Å². The predicted molar refractivity (Wildman–Crippen MR) is 95.5 cm³/mol. The molecule has 134 valence electrons. The Morgan fingerprint density at radius 3 is 2.67 bits per heavy atom. The van der Waals surface area contributed by atoms with Crippen LogP contribution < -0.4 is 4.52 Å². The quantitative estimate of drug-likeness (QED) is 0.339. The Morgan fingerprint density at radius 1 is 1.33 bits per heavy atom. The summed E-state index contributed by atoms with van der Waals surface area (Å²) < 4.78 is 40.8. The summed E-state index contributed by atoms with van der Waals surface area (Å²) >= 11 is 4.92. The zero-order valence-corrected chi connectivity index (χ0v) is 16.3. The first-order valence-corrected chi connectivity index (χ1v) is 11.0. The minimum Gasteiger partial charge on any atom is -0.420 e. The van der Waals surface area contributed by atoms with E-state index in [0.29, 0.717) is 10.9 Å². The number of nitrogens with zero attached hydrogens (tertiary/aromatic N) is 1. The predicted octanol–water partition coefficient (Wildman–Crippen LogP) is 5.94. The van der Waals surface area contributed by atoms with Crippen molar-refractivity contribution in [2.24, 2.45) is 0 Å². The van der Waals surface area contributed by atoms with Gasteiger partial charge in [0.1, 0.15) is 5.75 Å². The first-order chi connectivity index (χ1) is 11.4. The molecule has 0 aliphatic rings. The van der Waals surface area contributed by atoms with Crippen LogP contribution in [0.25, 0.3) is 0 Å². The van der Waals surface area contributed by atoms with Gasteiger partial charge in [-0.25, -0.2) is 4.57 Å². The molecule has 0 saturated carbocycles. The van der Waals surface area contributed by atoms with Crippen LogP contribution in [0.5, 0.6) is 5.75 Å². The van der Waals surface area contributed by atoms with Crippen LogP contribution in [0.2, 0.25) is 0 Å². The number of hydrogen-bond acceptors (Lipinski definition) is 4. The minimum atomic E-state index is -4.96. The van der Waals surface area contributed by atoms with Crippen molar-refractivity contribution in [3.63, 3.8) is 0 Å². The van der Waals surface area contributed by atoms with Gasteiger partial charge < -0.3 is 9.42 Å². The number of hydrogen-bond donors (Lipinski definition) is 1. The molecule has 0 aliphatic carbocycles. The van der Waals surface area contributed by atoms with Gasteiger partial charge >= 0.3 is 13.8 Å². The smallest absolute Gasteiger partial charge is 0.420 e. The van der Waals surface area contributed by atoms with E-state index < -0.39 is 13.8 Å². The Balaban J connectivity index is 2.37. The zero-order chi connectivity index (χ0) is 18.0. The van der Waals surface area contributed by atoms with Gasteiger partial charge in [-0.05, 0) is 52.2 Å². The van der Waals surface area contributed by atoms with Crippen molar-refractivity contribution in [3.8, 4) is 11.8 Å². The third-order valence-electron chi connectivity index (χ3n) is 3.07. The van der Waals surface area contributed by atoms with Gasteiger partial charge in [-0.3, -0.25) is 0 Å². The van der Waals surface area contributed by atoms with E-state index in [-0.39, 0.29) is 5.75 Å². The number of nitriles is 1. The van der Waals surface area contributed by atoms with Crippen molar-refractivity contribution in [1.29, 1.82) is 5.26 Å². The van der Waals surface area contributed by atoms with Gasteiger partial charge in [0.2, 0.25) is 0 Å². The number of halogens is 3. The molecule has 9 heteroatoms. The molecule has 0 saturated heterocycles. The molecular formula is C15H19BrF2NO3PS. The number of benzene rings is 1. The molecule has 1 N–H and O–H groups in total. The lowest BCUT2D eigenvalue weighted by Gasteiger charge is -2.14. The van der Waals surface area contributed by atoms with Crippen LogP contribution in [-0.4, -0.2) is 16.8 Å². The first-order valence-electron chi connectivity index (χ1n) is 7.40. The first kappa shape index (κ1) is 21.4. The summed E-state index contributed by atoms with van der Waals surface area (Å²) in [4.78, 5) is 9.06. The third kappa shape index (κ3) is 7.98. The summed E-state index contributed by atoms with van der Waals surface area (Å²) in [6, 6.07) is 6.92. The van der Waals surface area contributed by atoms with Crippen LogP contribution in [0.3, 0.4) is 0 Å². The van der Waals surface area contributed by atoms with Crippen LogP contribution in [-0.2, 0) is 10.3 Å². The fourth-order valence-electron chi connectivity index (χ4n) is 1.84. The Bertz CT molecular complexity index is 613. The molecular weight excluding hydrogens is 423 g/mol. The van der Waals surface area contributed by atoms with Crippen LogP contribution >= 0.6 is 35.3 Å². The van der Waals surface area contributed by atoms with Crippen molar-refractivity contribution < 1.29 is 22.8 Å². The molecule has 4 nitrogen and oxygen atoms in total. The van der Waals surface area contributed by atoms with Gasteiger partial charge in [0.15, 0.2) is 0 Å². The molecule has 1 aromatic carbocycles. The van der Waals surface area contributed by atoms with Crippen molar-refractivity contribution >= 4 is 35.3 Å². The second-order valence-corrected chi connectivity index (χ2v) is 8.73. The molecule has 1 atom stereocenters. The molecule has 0 radical (unpaired) electrons. The molecule has 0 spiro atoms. The molecule has 1 aromatic rings. The minimum absolute atomic E-state index is 0.0765. The number of unbranched alkanes of at least 4 members (excludes halogenated alkanes) is 4. The van der Waals surface area contributed by atoms with E-state index in [1.807, 2.05) is 0 Å². The monoisotopic (exact) mass is 441 g/mol. The van der Waals surface area contributed by atoms with Crippen molar-refractivity contribution in [2.75, 3.05) is 5.75 Å². The third-order valence-corrected chi connectivity index (χ3v) is 5.75. The lowest BCUT2D eigenvalue weighted by atomic mass is 10.2. The Labute approximate surface area is 153 Å². The van der Waals surface area contributed by atoms with Gasteiger partial charge in [0, 0.05) is 12.2 Å². The van der Waals surface area contributed by atoms with Crippen LogP contribution in [0.15, 0.2) is 22.7 Å². The Hall–Kier alpha value is -0.610. The average molecular weight is 442 g/mol. The van der Waals surface area contributed by atoms with Gasteiger partial charge in [-0.15, -0.1) is 0 Å². The fraction of sp³-hybridized carbons (Fsp3) is 0.533. The molecule has 0 bridgehead atoms. The number of alkyl halides is 2. The maximum Gasteiger partial charge on any atom is 0.442 e. The van der Waals surface area contributed by atoms with Gasteiger partial charge in [-0.2, -0.15) is 25.8 Å². The largest absolute Gasteiger partial charge is 0.442 e. The highest BCUT2D eigenvalue weighted by Crippen LogP contribution is 2.50. The van der Waals surface area contributed by atoms with E-state index in [2.05, 4.69) is 26.5 Å². The highest BCUT2D eigenvalue weighted by Gasteiger charge is 2.34. The summed E-state index contributed by atoms with van der Waals surface area (Å²) in [7, 11) is -4.96. The van der Waals surface area contributed by atoms with E-state index in [0.717, 1.165) is 42.8 Å². The molecule has 0 aromatic heterocycles. The van der Waals surface area contributed by atoms with E-state index in [1.54, 1.807) is 23.9 Å². The summed E-state index contributed by atoms with van der Waals surface area (Å²) in [5.74, 6) is 1.68. The lowest BCUT2D eigenvalue weighted by Crippen LogP contribution is -2.01. The van der Waals surface area contributed by atoms with Crippen molar-refractivity contribution in [3.05, 3.63) is 28.2 Å². The Morgan fingerprint density at radius 2 is 2.04 bits per heavy atom. The second kappa shape index (κ2) is 11.1. The number of thioether (sulfide) groups is 1. The highest BCUT2D eigenvalue weighted by molar-refractivity contribution is 9.10. The molecule has 24 heavy (non-hydrogen) atoms. The number of rotatable bonds is 11.